The molecule has 1 aromatic carbocycles. The molecule has 1 aliphatic rings. The van der Waals surface area contributed by atoms with E-state index in [2.05, 4.69) is 5.32 Å². The summed E-state index contributed by atoms with van der Waals surface area (Å²) < 4.78 is 5.09. The van der Waals surface area contributed by atoms with Crippen molar-refractivity contribution in [2.45, 2.75) is 23.8 Å². The van der Waals surface area contributed by atoms with E-state index in [-0.39, 0.29) is 5.91 Å². The highest BCUT2D eigenvalue weighted by atomic mass is 32.2. The maximum atomic E-state index is 11.0. The molecule has 1 heterocycles. The Kier molecular flexibility index (Phi) is 3.72. The van der Waals surface area contributed by atoms with Gasteiger partial charge in [0.05, 0.1) is 7.11 Å². The third-order valence-electron chi connectivity index (χ3n) is 2.60. The van der Waals surface area contributed by atoms with Crippen molar-refractivity contribution in [2.75, 3.05) is 12.9 Å². The predicted octanol–water partition coefficient (Wildman–Crippen LogP) is 2.07. The Morgan fingerprint density at radius 1 is 1.44 bits per heavy atom. The van der Waals surface area contributed by atoms with Crippen LogP contribution < -0.4 is 10.1 Å². The molecule has 1 atom stereocenters. The summed E-state index contributed by atoms with van der Waals surface area (Å²) in [6.45, 7) is 0. The fraction of sp³-hybridized carbons (Fsp3) is 0.417. The number of thioether (sulfide) groups is 1. The van der Waals surface area contributed by atoms with Crippen molar-refractivity contribution < 1.29 is 9.53 Å². The van der Waals surface area contributed by atoms with Crippen LogP contribution in [0.25, 0.3) is 0 Å². The normalized spacial score (nSPS) is 19.6. The van der Waals surface area contributed by atoms with Crippen LogP contribution in [-0.2, 0) is 4.79 Å². The first-order valence-corrected chi connectivity index (χ1v) is 6.32. The van der Waals surface area contributed by atoms with Crippen molar-refractivity contribution in [2.24, 2.45) is 0 Å². The summed E-state index contributed by atoms with van der Waals surface area (Å²) in [7, 11) is 1.66. The number of benzene rings is 1. The van der Waals surface area contributed by atoms with Crippen molar-refractivity contribution in [3.8, 4) is 5.75 Å². The molecule has 0 bridgehead atoms. The van der Waals surface area contributed by atoms with Crippen LogP contribution in [-0.4, -0.2) is 24.8 Å². The van der Waals surface area contributed by atoms with Crippen LogP contribution in [0, 0.1) is 0 Å². The van der Waals surface area contributed by atoms with Gasteiger partial charge in [-0.25, -0.2) is 0 Å². The number of amides is 1. The lowest BCUT2D eigenvalue weighted by Gasteiger charge is -2.09. The molecule has 1 aromatic rings. The van der Waals surface area contributed by atoms with Crippen molar-refractivity contribution in [3.63, 3.8) is 0 Å². The molecule has 16 heavy (non-hydrogen) atoms. The Labute approximate surface area is 99.6 Å². The quantitative estimate of drug-likeness (QED) is 0.815. The lowest BCUT2D eigenvalue weighted by molar-refractivity contribution is -0.119. The van der Waals surface area contributed by atoms with Gasteiger partial charge in [0.25, 0.3) is 0 Å². The molecular formula is C12H15NO2S. The van der Waals surface area contributed by atoms with Gasteiger partial charge in [0.1, 0.15) is 5.75 Å². The summed E-state index contributed by atoms with van der Waals surface area (Å²) in [5, 5.41) is 2.96. The van der Waals surface area contributed by atoms with Gasteiger partial charge in [0.15, 0.2) is 0 Å². The van der Waals surface area contributed by atoms with E-state index in [0.29, 0.717) is 12.5 Å². The van der Waals surface area contributed by atoms with Crippen LogP contribution in [0.1, 0.15) is 12.8 Å². The van der Waals surface area contributed by atoms with Gasteiger partial charge in [-0.1, -0.05) is 0 Å². The number of nitrogens with one attached hydrogen (secondary N) is 1. The van der Waals surface area contributed by atoms with Crippen LogP contribution in [0.2, 0.25) is 0 Å². The van der Waals surface area contributed by atoms with E-state index in [4.69, 9.17) is 4.74 Å². The number of hydrogen-bond acceptors (Lipinski definition) is 3. The standard InChI is InChI=1S/C12H15NO2S/c1-15-10-3-5-11(6-4-10)16-8-9-2-7-12(14)13-9/h3-6,9H,2,7-8H2,1H3,(H,13,14)/t9-/m1/s1. The van der Waals surface area contributed by atoms with E-state index < -0.39 is 0 Å². The number of methoxy groups -OCH3 is 1. The summed E-state index contributed by atoms with van der Waals surface area (Å²) in [6.07, 6.45) is 1.63. The van der Waals surface area contributed by atoms with Gasteiger partial charge in [-0.2, -0.15) is 0 Å². The molecule has 2 rings (SSSR count). The average Bonchev–Trinajstić information content (AvgIpc) is 2.73. The highest BCUT2D eigenvalue weighted by Crippen LogP contribution is 2.23. The second-order valence-electron chi connectivity index (χ2n) is 3.79. The number of rotatable bonds is 4. The number of ether oxygens (including phenoxy) is 1. The zero-order valence-corrected chi connectivity index (χ0v) is 10.0. The van der Waals surface area contributed by atoms with E-state index in [1.54, 1.807) is 18.9 Å². The summed E-state index contributed by atoms with van der Waals surface area (Å²) in [5.41, 5.74) is 0. The van der Waals surface area contributed by atoms with Crippen molar-refractivity contribution in [1.29, 1.82) is 0 Å². The first kappa shape index (κ1) is 11.3. The first-order chi connectivity index (χ1) is 7.78. The molecule has 4 heteroatoms. The minimum absolute atomic E-state index is 0.181. The molecule has 3 nitrogen and oxygen atoms in total. The van der Waals surface area contributed by atoms with E-state index in [0.717, 1.165) is 17.9 Å². The van der Waals surface area contributed by atoms with Crippen molar-refractivity contribution in [3.05, 3.63) is 24.3 Å². The molecule has 0 saturated carbocycles. The van der Waals surface area contributed by atoms with E-state index in [1.807, 2.05) is 24.3 Å². The number of carbonyl (C=O) groups excluding carboxylic acids is 1. The summed E-state index contributed by atoms with van der Waals surface area (Å²) in [5.74, 6) is 2.00. The summed E-state index contributed by atoms with van der Waals surface area (Å²) in [6, 6.07) is 8.32. The highest BCUT2D eigenvalue weighted by Gasteiger charge is 2.20. The fourth-order valence-corrected chi connectivity index (χ4v) is 2.64. The monoisotopic (exact) mass is 237 g/mol. The van der Waals surface area contributed by atoms with E-state index in [9.17, 15) is 4.79 Å². The zero-order valence-electron chi connectivity index (χ0n) is 9.23. The van der Waals surface area contributed by atoms with Gasteiger partial charge in [-0.05, 0) is 30.7 Å². The molecule has 0 unspecified atom stereocenters. The molecule has 86 valence electrons. The molecule has 1 fully saturated rings. The Morgan fingerprint density at radius 3 is 2.75 bits per heavy atom. The van der Waals surface area contributed by atoms with Gasteiger partial charge in [-0.3, -0.25) is 4.79 Å². The molecule has 1 N–H and O–H groups in total. The largest absolute Gasteiger partial charge is 0.497 e. The third-order valence-corrected chi connectivity index (χ3v) is 3.77. The fourth-order valence-electron chi connectivity index (χ4n) is 1.67. The maximum absolute atomic E-state index is 11.0. The van der Waals surface area contributed by atoms with Gasteiger partial charge < -0.3 is 10.1 Å². The lowest BCUT2D eigenvalue weighted by Crippen LogP contribution is -2.27. The predicted molar refractivity (Wildman–Crippen MR) is 64.9 cm³/mol. The highest BCUT2D eigenvalue weighted by molar-refractivity contribution is 7.99. The second-order valence-corrected chi connectivity index (χ2v) is 4.88. The van der Waals surface area contributed by atoms with Crippen LogP contribution >= 0.6 is 11.8 Å². The van der Waals surface area contributed by atoms with Crippen molar-refractivity contribution in [1.82, 2.24) is 5.32 Å². The minimum Gasteiger partial charge on any atom is -0.497 e. The molecule has 0 aromatic heterocycles. The summed E-state index contributed by atoms with van der Waals surface area (Å²) in [4.78, 5) is 12.2. The Morgan fingerprint density at radius 2 is 2.19 bits per heavy atom. The van der Waals surface area contributed by atoms with Gasteiger partial charge >= 0.3 is 0 Å². The second kappa shape index (κ2) is 5.25. The molecule has 1 amide bonds. The molecule has 0 aliphatic carbocycles. The molecule has 1 saturated heterocycles. The van der Waals surface area contributed by atoms with E-state index >= 15 is 0 Å². The van der Waals surface area contributed by atoms with Crippen LogP contribution in [0.3, 0.4) is 0 Å². The first-order valence-electron chi connectivity index (χ1n) is 5.34. The molecule has 0 spiro atoms. The lowest BCUT2D eigenvalue weighted by atomic mass is 10.2. The maximum Gasteiger partial charge on any atom is 0.220 e. The zero-order chi connectivity index (χ0) is 11.4. The topological polar surface area (TPSA) is 38.3 Å². The van der Waals surface area contributed by atoms with Gasteiger partial charge in [0, 0.05) is 23.1 Å². The SMILES string of the molecule is COc1ccc(SC[C@H]2CCC(=O)N2)cc1. The Balaban J connectivity index is 1.82. The van der Waals surface area contributed by atoms with Crippen LogP contribution in [0.4, 0.5) is 0 Å². The number of hydrogen-bond donors (Lipinski definition) is 1. The smallest absolute Gasteiger partial charge is 0.220 e. The Bertz CT molecular complexity index is 364. The van der Waals surface area contributed by atoms with Gasteiger partial charge in [-0.15, -0.1) is 11.8 Å². The van der Waals surface area contributed by atoms with Gasteiger partial charge in [0.2, 0.25) is 5.91 Å². The molecule has 1 aliphatic heterocycles. The Hall–Kier alpha value is -1.16. The van der Waals surface area contributed by atoms with Crippen LogP contribution in [0.5, 0.6) is 5.75 Å². The minimum atomic E-state index is 0.181. The number of carbonyl (C=O) groups is 1. The molecular weight excluding hydrogens is 222 g/mol. The third kappa shape index (κ3) is 2.92. The van der Waals surface area contributed by atoms with Crippen molar-refractivity contribution >= 4 is 17.7 Å². The summed E-state index contributed by atoms with van der Waals surface area (Å²) >= 11 is 1.77. The van der Waals surface area contributed by atoms with Crippen LogP contribution in [0.15, 0.2) is 29.2 Å². The average molecular weight is 237 g/mol. The van der Waals surface area contributed by atoms with E-state index in [1.165, 1.54) is 4.90 Å². The molecule has 0 radical (unpaired) electrons.